The van der Waals surface area contributed by atoms with Crippen LogP contribution in [0.15, 0.2) is 54.7 Å². The number of nitrogens with zero attached hydrogens (tertiary/aromatic N) is 1. The Morgan fingerprint density at radius 3 is 2.88 bits per heavy atom. The lowest BCUT2D eigenvalue weighted by Gasteiger charge is -2.25. The number of rotatable bonds is 6. The summed E-state index contributed by atoms with van der Waals surface area (Å²) in [6, 6.07) is 14.0. The highest BCUT2D eigenvalue weighted by Gasteiger charge is 2.24. The van der Waals surface area contributed by atoms with Crippen LogP contribution in [0, 0.1) is 0 Å². The van der Waals surface area contributed by atoms with Gasteiger partial charge in [0.1, 0.15) is 0 Å². The van der Waals surface area contributed by atoms with Crippen molar-refractivity contribution in [3.8, 4) is 0 Å². The number of hydrogen-bond donors (Lipinski definition) is 4. The summed E-state index contributed by atoms with van der Waals surface area (Å²) < 4.78 is 0. The molecule has 0 spiro atoms. The number of amides is 1. The number of nitrogens with one attached hydrogen (secondary N) is 3. The third-order valence-electron chi connectivity index (χ3n) is 6.52. The number of H-pyrrole nitrogens is 1. The molecule has 1 saturated heterocycles. The van der Waals surface area contributed by atoms with Crippen LogP contribution < -0.4 is 10.6 Å². The van der Waals surface area contributed by atoms with Crippen molar-refractivity contribution >= 4 is 33.8 Å². The molecule has 5 rings (SSSR count). The largest absolute Gasteiger partial charge is 0.369 e. The molecule has 0 radical (unpaired) electrons. The molecule has 1 atom stereocenters. The van der Waals surface area contributed by atoms with E-state index in [4.69, 9.17) is 0 Å². The average Bonchev–Trinajstić information content (AvgIpc) is 3.37. The predicted octanol–water partition coefficient (Wildman–Crippen LogP) is 4.35. The number of hydrogen-bond acceptors (Lipinski definition) is 4. The smallest absolute Gasteiger partial charge is 0.225 e. The highest BCUT2D eigenvalue weighted by Crippen LogP contribution is 2.36. The van der Waals surface area contributed by atoms with Gasteiger partial charge in [-0.2, -0.15) is 0 Å². The summed E-state index contributed by atoms with van der Waals surface area (Å²) in [5, 5.41) is 17.9. The second kappa shape index (κ2) is 9.18. The minimum Gasteiger partial charge on any atom is -0.369 e. The van der Waals surface area contributed by atoms with E-state index in [1.165, 1.54) is 30.2 Å². The third-order valence-corrected chi connectivity index (χ3v) is 6.52. The Balaban J connectivity index is 1.28. The van der Waals surface area contributed by atoms with Crippen LogP contribution in [0.1, 0.15) is 36.8 Å². The van der Waals surface area contributed by atoms with E-state index >= 15 is 0 Å². The molecule has 1 aromatic heterocycles. The van der Waals surface area contributed by atoms with E-state index in [9.17, 15) is 9.90 Å². The lowest BCUT2D eigenvalue weighted by atomic mass is 10.0. The molecule has 2 aromatic carbocycles. The van der Waals surface area contributed by atoms with Crippen LogP contribution in [0.25, 0.3) is 16.5 Å². The zero-order valence-electron chi connectivity index (χ0n) is 18.2. The number of piperidine rings is 1. The van der Waals surface area contributed by atoms with Crippen molar-refractivity contribution < 1.29 is 9.90 Å². The topological polar surface area (TPSA) is 80.4 Å². The molecule has 0 aliphatic carbocycles. The highest BCUT2D eigenvalue weighted by atomic mass is 16.3. The van der Waals surface area contributed by atoms with E-state index in [1.54, 1.807) is 0 Å². The molecule has 3 heterocycles. The van der Waals surface area contributed by atoms with E-state index in [0.717, 1.165) is 47.7 Å². The Morgan fingerprint density at radius 2 is 2.00 bits per heavy atom. The van der Waals surface area contributed by atoms with Gasteiger partial charge in [0.25, 0.3) is 0 Å². The third kappa shape index (κ3) is 4.42. The van der Waals surface area contributed by atoms with E-state index in [-0.39, 0.29) is 5.91 Å². The van der Waals surface area contributed by atoms with Gasteiger partial charge in [-0.15, -0.1) is 0 Å². The Labute approximate surface area is 188 Å². The first-order valence-electron chi connectivity index (χ1n) is 11.5. The molecule has 0 saturated carbocycles. The van der Waals surface area contributed by atoms with Crippen LogP contribution in [0.5, 0.6) is 0 Å². The van der Waals surface area contributed by atoms with Crippen LogP contribution in [0.4, 0.5) is 11.4 Å². The van der Waals surface area contributed by atoms with Crippen molar-refractivity contribution in [2.75, 3.05) is 30.3 Å². The molecule has 2 aliphatic rings. The maximum absolute atomic E-state index is 12.5. The van der Waals surface area contributed by atoms with Crippen molar-refractivity contribution in [2.24, 2.45) is 0 Å². The molecule has 1 fully saturated rings. The molecule has 1 amide bonds. The van der Waals surface area contributed by atoms with Crippen molar-refractivity contribution in [3.05, 3.63) is 65.9 Å². The van der Waals surface area contributed by atoms with Crippen LogP contribution in [-0.4, -0.2) is 46.8 Å². The molecule has 4 N–H and O–H groups in total. The number of fused-ring (bicyclic) bond motifs is 2. The molecular weight excluding hydrogens is 400 g/mol. The summed E-state index contributed by atoms with van der Waals surface area (Å²) in [5.41, 5.74) is 5.73. The first-order chi connectivity index (χ1) is 15.7. The van der Waals surface area contributed by atoms with Crippen molar-refractivity contribution in [2.45, 2.75) is 38.3 Å². The standard InChI is InChI=1S/C26H30N4O2/c31-25(12-15-30-13-4-1-5-14-30)28-19-9-11-24-22(16-19)21(26(32)29-24)10-8-18-17-27-23-7-3-2-6-20(18)23/h2-3,6-7,9-11,16-17,26-27,29,32H,1,4-5,8,12-15H2,(H,28,31). The normalized spacial score (nSPS) is 19.8. The molecular formula is C26H30N4O2. The zero-order chi connectivity index (χ0) is 21.9. The summed E-state index contributed by atoms with van der Waals surface area (Å²) in [5.74, 6) is 0.0337. The highest BCUT2D eigenvalue weighted by molar-refractivity contribution is 5.94. The zero-order valence-corrected chi connectivity index (χ0v) is 18.2. The van der Waals surface area contributed by atoms with Gasteiger partial charge in [-0.3, -0.25) is 4.79 Å². The number of aliphatic hydroxyl groups is 1. The fourth-order valence-corrected chi connectivity index (χ4v) is 4.77. The second-order valence-electron chi connectivity index (χ2n) is 8.73. The lowest BCUT2D eigenvalue weighted by Crippen LogP contribution is -2.32. The van der Waals surface area contributed by atoms with Gasteiger partial charge in [0.2, 0.25) is 5.91 Å². The first kappa shape index (κ1) is 20.8. The minimum atomic E-state index is -0.750. The lowest BCUT2D eigenvalue weighted by molar-refractivity contribution is -0.116. The summed E-state index contributed by atoms with van der Waals surface area (Å²) >= 11 is 0. The molecule has 2 aliphatic heterocycles. The van der Waals surface area contributed by atoms with Gasteiger partial charge in [0.05, 0.1) is 0 Å². The van der Waals surface area contributed by atoms with E-state index in [2.05, 4.69) is 38.7 Å². The maximum atomic E-state index is 12.5. The van der Waals surface area contributed by atoms with Crippen molar-refractivity contribution in [1.82, 2.24) is 9.88 Å². The molecule has 32 heavy (non-hydrogen) atoms. The number of carbonyl (C=O) groups excluding carboxylic acids is 1. The molecule has 0 bridgehead atoms. The van der Waals surface area contributed by atoms with E-state index < -0.39 is 6.23 Å². The molecule has 6 heteroatoms. The second-order valence-corrected chi connectivity index (χ2v) is 8.73. The van der Waals surface area contributed by atoms with Crippen LogP contribution in [-0.2, 0) is 11.2 Å². The molecule has 6 nitrogen and oxygen atoms in total. The number of aliphatic hydroxyl groups excluding tert-OH is 1. The van der Waals surface area contributed by atoms with Gasteiger partial charge < -0.3 is 25.6 Å². The van der Waals surface area contributed by atoms with Gasteiger partial charge >= 0.3 is 0 Å². The molecule has 3 aromatic rings. The number of allylic oxidation sites excluding steroid dienone is 1. The first-order valence-corrected chi connectivity index (χ1v) is 11.5. The van der Waals surface area contributed by atoms with Crippen LogP contribution >= 0.6 is 0 Å². The van der Waals surface area contributed by atoms with Crippen LogP contribution in [0.3, 0.4) is 0 Å². The van der Waals surface area contributed by atoms with E-state index in [1.807, 2.05) is 36.5 Å². The van der Waals surface area contributed by atoms with Gasteiger partial charge in [-0.05, 0) is 62.2 Å². The minimum absolute atomic E-state index is 0.0337. The van der Waals surface area contributed by atoms with Gasteiger partial charge in [0, 0.05) is 52.6 Å². The summed E-state index contributed by atoms with van der Waals surface area (Å²) in [7, 11) is 0. The molecule has 1 unspecified atom stereocenters. The number of aromatic nitrogens is 1. The Kier molecular flexibility index (Phi) is 5.97. The summed E-state index contributed by atoms with van der Waals surface area (Å²) in [6.07, 6.45) is 8.32. The van der Waals surface area contributed by atoms with Crippen LogP contribution in [0.2, 0.25) is 0 Å². The molecule has 166 valence electrons. The number of para-hydroxylation sites is 1. The Hall–Kier alpha value is -3.09. The Bertz CT molecular complexity index is 1140. The number of aromatic amines is 1. The summed E-state index contributed by atoms with van der Waals surface area (Å²) in [6.45, 7) is 3.01. The van der Waals surface area contributed by atoms with Gasteiger partial charge in [-0.25, -0.2) is 0 Å². The Morgan fingerprint density at radius 1 is 1.16 bits per heavy atom. The SMILES string of the molecule is O=C(CCN1CCCCC1)Nc1ccc2c(c1)C(=CCc1c[nH]c3ccccc13)C(O)N2. The number of likely N-dealkylation sites (tertiary alicyclic amines) is 1. The van der Waals surface area contributed by atoms with Gasteiger partial charge in [0.15, 0.2) is 6.23 Å². The van der Waals surface area contributed by atoms with Gasteiger partial charge in [-0.1, -0.05) is 30.7 Å². The fraction of sp³-hybridized carbons (Fsp3) is 0.346. The average molecular weight is 431 g/mol. The fourth-order valence-electron chi connectivity index (χ4n) is 4.77. The summed E-state index contributed by atoms with van der Waals surface area (Å²) in [4.78, 5) is 18.2. The number of carbonyl (C=O) groups is 1. The van der Waals surface area contributed by atoms with Crippen molar-refractivity contribution in [3.63, 3.8) is 0 Å². The number of benzene rings is 2. The predicted molar refractivity (Wildman–Crippen MR) is 130 cm³/mol. The van der Waals surface area contributed by atoms with E-state index in [0.29, 0.717) is 12.8 Å². The van der Waals surface area contributed by atoms with Crippen molar-refractivity contribution in [1.29, 1.82) is 0 Å². The quantitative estimate of drug-likeness (QED) is 0.469. The number of anilines is 2. The maximum Gasteiger partial charge on any atom is 0.225 e. The monoisotopic (exact) mass is 430 g/mol.